The van der Waals surface area contributed by atoms with Crippen molar-refractivity contribution < 1.29 is 5.11 Å². The van der Waals surface area contributed by atoms with Crippen molar-refractivity contribution in [2.75, 3.05) is 0 Å². The topological polar surface area (TPSA) is 100 Å². The average Bonchev–Trinajstić information content (AvgIpc) is 2.58. The van der Waals surface area contributed by atoms with Crippen molar-refractivity contribution in [1.82, 2.24) is 14.5 Å². The molecule has 0 fully saturated rings. The van der Waals surface area contributed by atoms with E-state index >= 15 is 0 Å². The minimum atomic E-state index is -0.614. The first-order valence-electron chi connectivity index (χ1n) is 8.07. The van der Waals surface area contributed by atoms with Gasteiger partial charge in [0.05, 0.1) is 12.3 Å². The lowest BCUT2D eigenvalue weighted by molar-refractivity contribution is 0.394. The van der Waals surface area contributed by atoms with Crippen molar-refractivity contribution in [2.24, 2.45) is 4.99 Å². The van der Waals surface area contributed by atoms with E-state index in [0.29, 0.717) is 25.2 Å². The fourth-order valence-corrected chi connectivity index (χ4v) is 2.39. The number of nitrogens with zero attached hydrogens (tertiary/aromatic N) is 3. The van der Waals surface area contributed by atoms with E-state index in [-0.39, 0.29) is 11.4 Å². The lowest BCUT2D eigenvalue weighted by Gasteiger charge is -2.12. The molecule has 7 heteroatoms. The molecular weight excluding hydrogens is 308 g/mol. The molecule has 2 N–H and O–H groups in total. The zero-order chi connectivity index (χ0) is 17.5. The maximum absolute atomic E-state index is 12.2. The van der Waals surface area contributed by atoms with Crippen molar-refractivity contribution >= 4 is 5.71 Å². The molecule has 0 saturated heterocycles. The number of aromatic amines is 1. The van der Waals surface area contributed by atoms with Crippen molar-refractivity contribution in [3.63, 3.8) is 0 Å². The Labute approximate surface area is 139 Å². The van der Waals surface area contributed by atoms with Gasteiger partial charge in [0.2, 0.25) is 5.88 Å². The standard InChI is InChI=1S/C17H22N4O3/c1-3-5-9-21-16(23)14(15(22)20-17(21)24)13(4-2)19-11-12-7-6-8-18-10-12/h6-8,10,23H,3-5,9,11H2,1-2H3,(H,20,22,24). The van der Waals surface area contributed by atoms with Crippen molar-refractivity contribution in [3.05, 3.63) is 56.5 Å². The van der Waals surface area contributed by atoms with Crippen LogP contribution in [0.25, 0.3) is 0 Å². The molecule has 2 heterocycles. The van der Waals surface area contributed by atoms with Gasteiger partial charge in [0, 0.05) is 18.9 Å². The largest absolute Gasteiger partial charge is 0.494 e. The second-order valence-corrected chi connectivity index (χ2v) is 5.44. The van der Waals surface area contributed by atoms with Gasteiger partial charge in [0.1, 0.15) is 5.56 Å². The molecule has 0 bridgehead atoms. The summed E-state index contributed by atoms with van der Waals surface area (Å²) in [7, 11) is 0. The predicted octanol–water partition coefficient (Wildman–Crippen LogP) is 1.84. The molecule has 0 aromatic carbocycles. The molecule has 0 aliphatic rings. The zero-order valence-corrected chi connectivity index (χ0v) is 14.0. The molecule has 0 aliphatic carbocycles. The van der Waals surface area contributed by atoms with Gasteiger partial charge in [-0.25, -0.2) is 4.79 Å². The lowest BCUT2D eigenvalue weighted by atomic mass is 10.1. The number of aliphatic imine (C=N–C) groups is 1. The summed E-state index contributed by atoms with van der Waals surface area (Å²) in [6, 6.07) is 3.70. The number of pyridine rings is 1. The highest BCUT2D eigenvalue weighted by Gasteiger charge is 2.17. The smallest absolute Gasteiger partial charge is 0.331 e. The lowest BCUT2D eigenvalue weighted by Crippen LogP contribution is -2.34. The summed E-state index contributed by atoms with van der Waals surface area (Å²) < 4.78 is 1.19. The molecule has 0 radical (unpaired) electrons. The Morgan fingerprint density at radius 2 is 2.17 bits per heavy atom. The third-order valence-corrected chi connectivity index (χ3v) is 3.71. The summed E-state index contributed by atoms with van der Waals surface area (Å²) in [6.07, 6.45) is 5.43. The summed E-state index contributed by atoms with van der Waals surface area (Å²) in [6.45, 7) is 4.54. The van der Waals surface area contributed by atoms with Crippen molar-refractivity contribution in [3.8, 4) is 5.88 Å². The van der Waals surface area contributed by atoms with Gasteiger partial charge in [-0.15, -0.1) is 0 Å². The number of H-pyrrole nitrogens is 1. The van der Waals surface area contributed by atoms with E-state index in [2.05, 4.69) is 15.0 Å². The summed E-state index contributed by atoms with van der Waals surface area (Å²) in [5.41, 5.74) is 0.216. The molecule has 0 saturated carbocycles. The number of rotatable bonds is 7. The second kappa shape index (κ2) is 8.24. The van der Waals surface area contributed by atoms with E-state index in [4.69, 9.17) is 0 Å². The molecule has 0 aliphatic heterocycles. The van der Waals surface area contributed by atoms with Crippen LogP contribution in [0.1, 0.15) is 44.2 Å². The first-order valence-corrected chi connectivity index (χ1v) is 8.07. The Morgan fingerprint density at radius 3 is 2.79 bits per heavy atom. The van der Waals surface area contributed by atoms with Crippen LogP contribution in [0, 0.1) is 0 Å². The minimum Gasteiger partial charge on any atom is -0.494 e. The highest BCUT2D eigenvalue weighted by molar-refractivity contribution is 6.01. The summed E-state index contributed by atoms with van der Waals surface area (Å²) >= 11 is 0. The normalized spacial score (nSPS) is 11.7. The third-order valence-electron chi connectivity index (χ3n) is 3.71. The molecule has 0 amide bonds. The van der Waals surface area contributed by atoms with Crippen LogP contribution in [0.15, 0.2) is 39.1 Å². The van der Waals surface area contributed by atoms with E-state index < -0.39 is 11.2 Å². The van der Waals surface area contributed by atoms with Gasteiger partial charge in [0.25, 0.3) is 5.56 Å². The Kier molecular flexibility index (Phi) is 6.06. The van der Waals surface area contributed by atoms with Crippen molar-refractivity contribution in [1.29, 1.82) is 0 Å². The maximum atomic E-state index is 12.2. The molecule has 24 heavy (non-hydrogen) atoms. The number of hydrogen-bond donors (Lipinski definition) is 2. The molecule has 2 aromatic heterocycles. The Morgan fingerprint density at radius 1 is 1.38 bits per heavy atom. The molecule has 0 atom stereocenters. The predicted molar refractivity (Wildman–Crippen MR) is 92.7 cm³/mol. The van der Waals surface area contributed by atoms with Crippen LogP contribution in [0.3, 0.4) is 0 Å². The Bertz CT molecular complexity index is 822. The molecule has 2 rings (SSSR count). The molecule has 2 aromatic rings. The Hall–Kier alpha value is -2.70. The van der Waals surface area contributed by atoms with Gasteiger partial charge in [0.15, 0.2) is 0 Å². The molecular formula is C17H22N4O3. The molecule has 128 valence electrons. The average molecular weight is 330 g/mol. The zero-order valence-electron chi connectivity index (χ0n) is 14.0. The van der Waals surface area contributed by atoms with E-state index in [1.54, 1.807) is 12.4 Å². The monoisotopic (exact) mass is 330 g/mol. The van der Waals surface area contributed by atoms with Crippen LogP contribution in [-0.2, 0) is 13.1 Å². The van der Waals surface area contributed by atoms with Crippen LogP contribution in [0.4, 0.5) is 0 Å². The van der Waals surface area contributed by atoms with Crippen molar-refractivity contribution in [2.45, 2.75) is 46.2 Å². The van der Waals surface area contributed by atoms with Gasteiger partial charge in [-0.3, -0.25) is 24.3 Å². The first kappa shape index (κ1) is 17.7. The third kappa shape index (κ3) is 3.98. The molecule has 7 nitrogen and oxygen atoms in total. The number of nitrogens with one attached hydrogen (secondary N) is 1. The highest BCUT2D eigenvalue weighted by atomic mass is 16.3. The van der Waals surface area contributed by atoms with Gasteiger partial charge in [-0.1, -0.05) is 26.3 Å². The van der Waals surface area contributed by atoms with E-state index in [1.165, 1.54) is 4.57 Å². The van der Waals surface area contributed by atoms with Crippen LogP contribution in [0.5, 0.6) is 5.88 Å². The van der Waals surface area contributed by atoms with E-state index in [0.717, 1.165) is 18.4 Å². The van der Waals surface area contributed by atoms with Gasteiger partial charge < -0.3 is 5.11 Å². The number of hydrogen-bond acceptors (Lipinski definition) is 5. The van der Waals surface area contributed by atoms with Crippen LogP contribution < -0.4 is 11.2 Å². The number of aromatic hydroxyl groups is 1. The first-order chi connectivity index (χ1) is 11.6. The van der Waals surface area contributed by atoms with Crippen LogP contribution in [0.2, 0.25) is 0 Å². The summed E-state index contributed by atoms with van der Waals surface area (Å²) in [4.78, 5) is 34.8. The number of unbranched alkanes of at least 4 members (excludes halogenated alkanes) is 1. The van der Waals surface area contributed by atoms with Gasteiger partial charge in [-0.2, -0.15) is 0 Å². The van der Waals surface area contributed by atoms with E-state index in [9.17, 15) is 14.7 Å². The van der Waals surface area contributed by atoms with Crippen LogP contribution >= 0.6 is 0 Å². The van der Waals surface area contributed by atoms with Gasteiger partial charge >= 0.3 is 5.69 Å². The Balaban J connectivity index is 2.44. The fraction of sp³-hybridized carbons (Fsp3) is 0.412. The van der Waals surface area contributed by atoms with E-state index in [1.807, 2.05) is 26.0 Å². The molecule has 0 spiro atoms. The quantitative estimate of drug-likeness (QED) is 0.756. The highest BCUT2D eigenvalue weighted by Crippen LogP contribution is 2.15. The van der Waals surface area contributed by atoms with Gasteiger partial charge in [-0.05, 0) is 24.5 Å². The summed E-state index contributed by atoms with van der Waals surface area (Å²) in [5.74, 6) is -0.316. The van der Waals surface area contributed by atoms with Crippen LogP contribution in [-0.4, -0.2) is 25.4 Å². The minimum absolute atomic E-state index is 0.0668. The maximum Gasteiger partial charge on any atom is 0.331 e. The molecule has 0 unspecified atom stereocenters. The summed E-state index contributed by atoms with van der Waals surface area (Å²) in [5, 5.41) is 10.4. The second-order valence-electron chi connectivity index (χ2n) is 5.44. The SMILES string of the molecule is CCCCn1c(O)c(C(CC)=NCc2cccnc2)c(=O)[nH]c1=O. The fourth-order valence-electron chi connectivity index (χ4n) is 2.39. The number of aromatic nitrogens is 3.